The summed E-state index contributed by atoms with van der Waals surface area (Å²) in [5.41, 5.74) is 8.20. The molecule has 3 N–H and O–H groups in total. The summed E-state index contributed by atoms with van der Waals surface area (Å²) in [7, 11) is 0. The normalized spacial score (nSPS) is 11.7. The van der Waals surface area contributed by atoms with E-state index in [4.69, 9.17) is 17.3 Å². The summed E-state index contributed by atoms with van der Waals surface area (Å²) in [6.45, 7) is 2.04. The summed E-state index contributed by atoms with van der Waals surface area (Å²) in [6, 6.07) is 5.37. The van der Waals surface area contributed by atoms with Gasteiger partial charge in [0.1, 0.15) is 0 Å². The SMILES string of the molecule is CSCC[C@H](N)C(=O)Nc1ncc(Cc2ccc(Cl)cc2C)s1.Cl. The van der Waals surface area contributed by atoms with Gasteiger partial charge in [-0.05, 0) is 48.6 Å². The molecule has 1 heterocycles. The van der Waals surface area contributed by atoms with Gasteiger partial charge in [-0.2, -0.15) is 11.8 Å². The first-order valence-corrected chi connectivity index (χ1v) is 9.83. The maximum absolute atomic E-state index is 12.0. The third kappa shape index (κ3) is 6.26. The number of hydrogen-bond donors (Lipinski definition) is 2. The standard InChI is InChI=1S/C16H20ClN3OS2.ClH/c1-10-7-12(17)4-3-11(10)8-13-9-19-16(23-13)20-15(21)14(18)5-6-22-2;/h3-4,7,9,14H,5-6,8,18H2,1-2H3,(H,19,20,21);1H/t14-;/m0./s1. The lowest BCUT2D eigenvalue weighted by Crippen LogP contribution is -2.36. The number of anilines is 1. The van der Waals surface area contributed by atoms with Gasteiger partial charge in [0.15, 0.2) is 5.13 Å². The molecule has 1 aromatic carbocycles. The molecule has 1 aromatic heterocycles. The van der Waals surface area contributed by atoms with Crippen molar-refractivity contribution < 1.29 is 4.79 Å². The molecule has 0 unspecified atom stereocenters. The van der Waals surface area contributed by atoms with Crippen molar-refractivity contribution in [1.29, 1.82) is 0 Å². The number of thiazole rings is 1. The van der Waals surface area contributed by atoms with Crippen LogP contribution < -0.4 is 11.1 Å². The number of rotatable bonds is 7. The fourth-order valence-electron chi connectivity index (χ4n) is 2.07. The van der Waals surface area contributed by atoms with Crippen LogP contribution in [0.1, 0.15) is 22.4 Å². The maximum atomic E-state index is 12.0. The predicted molar refractivity (Wildman–Crippen MR) is 108 cm³/mol. The number of nitrogens with two attached hydrogens (primary N) is 1. The van der Waals surface area contributed by atoms with Crippen molar-refractivity contribution in [3.05, 3.63) is 45.4 Å². The van der Waals surface area contributed by atoms with Crippen LogP contribution in [0.25, 0.3) is 0 Å². The molecule has 0 aliphatic rings. The van der Waals surface area contributed by atoms with Gasteiger partial charge < -0.3 is 11.1 Å². The largest absolute Gasteiger partial charge is 0.320 e. The third-order valence-electron chi connectivity index (χ3n) is 3.42. The van der Waals surface area contributed by atoms with Gasteiger partial charge in [0.05, 0.1) is 6.04 Å². The Balaban J connectivity index is 0.00000288. The second-order valence-electron chi connectivity index (χ2n) is 5.26. The van der Waals surface area contributed by atoms with E-state index in [9.17, 15) is 4.79 Å². The van der Waals surface area contributed by atoms with Crippen LogP contribution in [0.5, 0.6) is 0 Å². The Morgan fingerprint density at radius 2 is 2.25 bits per heavy atom. The summed E-state index contributed by atoms with van der Waals surface area (Å²) >= 11 is 9.13. The van der Waals surface area contributed by atoms with E-state index in [0.717, 1.165) is 27.6 Å². The molecule has 1 amide bonds. The molecule has 0 saturated carbocycles. The number of aryl methyl sites for hydroxylation is 1. The number of benzene rings is 1. The molecule has 2 aromatic rings. The summed E-state index contributed by atoms with van der Waals surface area (Å²) in [5.74, 6) is 0.690. The lowest BCUT2D eigenvalue weighted by molar-refractivity contribution is -0.117. The quantitative estimate of drug-likeness (QED) is 0.725. The predicted octanol–water partition coefficient (Wildman–Crippen LogP) is 4.14. The number of carbonyl (C=O) groups is 1. The first kappa shape index (κ1) is 21.3. The Labute approximate surface area is 162 Å². The molecule has 1 atom stereocenters. The minimum Gasteiger partial charge on any atom is -0.320 e. The zero-order valence-corrected chi connectivity index (χ0v) is 16.7. The van der Waals surface area contributed by atoms with Crippen molar-refractivity contribution in [1.82, 2.24) is 4.98 Å². The minimum atomic E-state index is -0.492. The molecule has 4 nitrogen and oxygen atoms in total. The van der Waals surface area contributed by atoms with E-state index in [0.29, 0.717) is 11.6 Å². The van der Waals surface area contributed by atoms with Crippen LogP contribution in [0.4, 0.5) is 5.13 Å². The van der Waals surface area contributed by atoms with Crippen LogP contribution in [0.3, 0.4) is 0 Å². The van der Waals surface area contributed by atoms with Gasteiger partial charge in [0, 0.05) is 22.5 Å². The van der Waals surface area contributed by atoms with Gasteiger partial charge in [-0.25, -0.2) is 4.98 Å². The minimum absolute atomic E-state index is 0. The zero-order valence-electron chi connectivity index (χ0n) is 13.5. The Hall–Kier alpha value is -0.790. The summed E-state index contributed by atoms with van der Waals surface area (Å²) < 4.78 is 0. The number of hydrogen-bond acceptors (Lipinski definition) is 5. The number of nitrogens with one attached hydrogen (secondary N) is 1. The first-order chi connectivity index (χ1) is 11.0. The molecule has 0 aliphatic heterocycles. The van der Waals surface area contributed by atoms with Gasteiger partial charge in [-0.1, -0.05) is 17.7 Å². The summed E-state index contributed by atoms with van der Waals surface area (Å²) in [6.07, 6.45) is 5.22. The highest BCUT2D eigenvalue weighted by atomic mass is 35.5. The molecule has 0 spiro atoms. The molecular formula is C16H21Cl2N3OS2. The Morgan fingerprint density at radius 1 is 1.50 bits per heavy atom. The highest BCUT2D eigenvalue weighted by molar-refractivity contribution is 7.98. The van der Waals surface area contributed by atoms with Crippen molar-refractivity contribution in [2.24, 2.45) is 5.73 Å². The molecule has 0 saturated heterocycles. The van der Waals surface area contributed by atoms with Crippen molar-refractivity contribution in [2.75, 3.05) is 17.3 Å². The van der Waals surface area contributed by atoms with Crippen molar-refractivity contribution in [2.45, 2.75) is 25.8 Å². The van der Waals surface area contributed by atoms with E-state index in [-0.39, 0.29) is 18.3 Å². The average Bonchev–Trinajstić information content (AvgIpc) is 2.94. The Bertz CT molecular complexity index is 679. The number of carbonyl (C=O) groups excluding carboxylic acids is 1. The second kappa shape index (κ2) is 10.3. The molecular weight excluding hydrogens is 385 g/mol. The monoisotopic (exact) mass is 405 g/mol. The van der Waals surface area contributed by atoms with E-state index in [1.165, 1.54) is 16.9 Å². The third-order valence-corrected chi connectivity index (χ3v) is 5.21. The lowest BCUT2D eigenvalue weighted by atomic mass is 10.1. The molecule has 0 aliphatic carbocycles. The highest BCUT2D eigenvalue weighted by Gasteiger charge is 2.15. The zero-order chi connectivity index (χ0) is 16.8. The number of aromatic nitrogens is 1. The van der Waals surface area contributed by atoms with E-state index in [2.05, 4.69) is 10.3 Å². The number of amides is 1. The van der Waals surface area contributed by atoms with Crippen molar-refractivity contribution in [3.8, 4) is 0 Å². The number of thioether (sulfide) groups is 1. The van der Waals surface area contributed by atoms with Gasteiger partial charge in [0.25, 0.3) is 0 Å². The fraction of sp³-hybridized carbons (Fsp3) is 0.375. The van der Waals surface area contributed by atoms with Gasteiger partial charge >= 0.3 is 0 Å². The second-order valence-corrected chi connectivity index (χ2v) is 7.79. The molecule has 0 radical (unpaired) electrons. The maximum Gasteiger partial charge on any atom is 0.243 e. The molecule has 8 heteroatoms. The Kier molecular flexibility index (Phi) is 9.08. The highest BCUT2D eigenvalue weighted by Crippen LogP contribution is 2.24. The molecule has 132 valence electrons. The Morgan fingerprint density at radius 3 is 2.92 bits per heavy atom. The van der Waals surface area contributed by atoms with Crippen LogP contribution in [-0.4, -0.2) is 28.9 Å². The smallest absolute Gasteiger partial charge is 0.243 e. The average molecular weight is 406 g/mol. The van der Waals surface area contributed by atoms with E-state index < -0.39 is 6.04 Å². The van der Waals surface area contributed by atoms with Crippen LogP contribution in [0, 0.1) is 6.92 Å². The fourth-order valence-corrected chi connectivity index (χ4v) is 3.62. The van der Waals surface area contributed by atoms with E-state index in [1.54, 1.807) is 18.0 Å². The van der Waals surface area contributed by atoms with Gasteiger partial charge in [-0.3, -0.25) is 4.79 Å². The van der Waals surface area contributed by atoms with Gasteiger partial charge in [0.2, 0.25) is 5.91 Å². The van der Waals surface area contributed by atoms with Crippen LogP contribution >= 0.6 is 47.1 Å². The van der Waals surface area contributed by atoms with Crippen molar-refractivity contribution >= 4 is 58.1 Å². The molecule has 0 fully saturated rings. The lowest BCUT2D eigenvalue weighted by Gasteiger charge is -2.09. The molecule has 24 heavy (non-hydrogen) atoms. The van der Waals surface area contributed by atoms with Crippen LogP contribution in [0.2, 0.25) is 5.02 Å². The summed E-state index contributed by atoms with van der Waals surface area (Å²) in [5, 5.41) is 4.13. The van der Waals surface area contributed by atoms with E-state index >= 15 is 0 Å². The molecule has 2 rings (SSSR count). The van der Waals surface area contributed by atoms with Crippen molar-refractivity contribution in [3.63, 3.8) is 0 Å². The number of halogens is 2. The van der Waals surface area contributed by atoms with Crippen LogP contribution in [0.15, 0.2) is 24.4 Å². The summed E-state index contributed by atoms with van der Waals surface area (Å²) in [4.78, 5) is 17.3. The topological polar surface area (TPSA) is 68.0 Å². The first-order valence-electron chi connectivity index (χ1n) is 7.24. The number of nitrogens with zero attached hydrogens (tertiary/aromatic N) is 1. The van der Waals surface area contributed by atoms with Crippen LogP contribution in [-0.2, 0) is 11.2 Å². The van der Waals surface area contributed by atoms with E-state index in [1.807, 2.05) is 31.4 Å². The molecule has 0 bridgehead atoms. The van der Waals surface area contributed by atoms with Gasteiger partial charge in [-0.15, -0.1) is 23.7 Å².